The Bertz CT molecular complexity index is 737. The Morgan fingerprint density at radius 2 is 2.00 bits per heavy atom. The van der Waals surface area contributed by atoms with E-state index >= 15 is 0 Å². The van der Waals surface area contributed by atoms with Gasteiger partial charge in [0.1, 0.15) is 11.5 Å². The largest absolute Gasteiger partial charge is 0.497 e. The van der Waals surface area contributed by atoms with Crippen molar-refractivity contribution in [2.75, 3.05) is 14.2 Å². The van der Waals surface area contributed by atoms with Gasteiger partial charge in [0.25, 0.3) is 5.91 Å². The molecule has 0 aliphatic rings. The molecule has 130 valence electrons. The molecular formula is C18H25N3O3. The highest BCUT2D eigenvalue weighted by atomic mass is 16.5. The molecule has 24 heavy (non-hydrogen) atoms. The van der Waals surface area contributed by atoms with Crippen LogP contribution < -0.4 is 14.8 Å². The van der Waals surface area contributed by atoms with E-state index in [9.17, 15) is 4.79 Å². The van der Waals surface area contributed by atoms with E-state index < -0.39 is 0 Å². The van der Waals surface area contributed by atoms with E-state index in [4.69, 9.17) is 9.47 Å². The van der Waals surface area contributed by atoms with Gasteiger partial charge >= 0.3 is 0 Å². The summed E-state index contributed by atoms with van der Waals surface area (Å²) in [7, 11) is 3.22. The molecule has 0 radical (unpaired) electrons. The molecule has 0 saturated heterocycles. The second-order valence-electron chi connectivity index (χ2n) is 5.66. The van der Waals surface area contributed by atoms with Crippen LogP contribution in [0.1, 0.15) is 47.2 Å². The van der Waals surface area contributed by atoms with Gasteiger partial charge in [-0.2, -0.15) is 5.10 Å². The molecule has 1 aromatic heterocycles. The Hall–Kier alpha value is -2.50. The van der Waals surface area contributed by atoms with Gasteiger partial charge in [-0.3, -0.25) is 9.48 Å². The van der Waals surface area contributed by atoms with Gasteiger partial charge in [-0.15, -0.1) is 0 Å². The second kappa shape index (κ2) is 7.38. The zero-order valence-corrected chi connectivity index (χ0v) is 15.1. The van der Waals surface area contributed by atoms with E-state index in [0.29, 0.717) is 11.3 Å². The van der Waals surface area contributed by atoms with Gasteiger partial charge in [0.2, 0.25) is 0 Å². The first kappa shape index (κ1) is 17.8. The van der Waals surface area contributed by atoms with Gasteiger partial charge in [-0.1, -0.05) is 0 Å². The summed E-state index contributed by atoms with van der Waals surface area (Å²) in [6, 6.07) is 5.31. The van der Waals surface area contributed by atoms with Crippen LogP contribution in [0.3, 0.4) is 0 Å². The van der Waals surface area contributed by atoms with Crippen LogP contribution in [0, 0.1) is 13.8 Å². The summed E-state index contributed by atoms with van der Waals surface area (Å²) >= 11 is 0. The first-order valence-corrected chi connectivity index (χ1v) is 7.99. The third-order valence-electron chi connectivity index (χ3n) is 4.16. The number of carbonyl (C=O) groups excluding carboxylic acids is 1. The topological polar surface area (TPSA) is 65.4 Å². The van der Waals surface area contributed by atoms with Crippen molar-refractivity contribution in [3.8, 4) is 11.5 Å². The summed E-state index contributed by atoms with van der Waals surface area (Å²) in [5, 5.41) is 7.43. The average molecular weight is 331 g/mol. The third-order valence-corrected chi connectivity index (χ3v) is 4.16. The fourth-order valence-electron chi connectivity index (χ4n) is 2.86. The number of hydrogen-bond donors (Lipinski definition) is 1. The Balaban J connectivity index is 2.28. The quantitative estimate of drug-likeness (QED) is 0.883. The summed E-state index contributed by atoms with van der Waals surface area (Å²) in [6.07, 6.45) is 0. The molecule has 6 nitrogen and oxygen atoms in total. The number of amides is 1. The molecule has 1 heterocycles. The monoisotopic (exact) mass is 331 g/mol. The van der Waals surface area contributed by atoms with Crippen molar-refractivity contribution in [2.24, 2.45) is 0 Å². The molecule has 2 rings (SSSR count). The molecule has 0 bridgehead atoms. The highest BCUT2D eigenvalue weighted by Crippen LogP contribution is 2.29. The van der Waals surface area contributed by atoms with Gasteiger partial charge in [-0.05, 0) is 45.9 Å². The Labute approximate surface area is 142 Å². The minimum Gasteiger partial charge on any atom is -0.497 e. The standard InChI is InChI=1S/C18H25N3O3/c1-7-21-13(4)17(12(3)20-21)18(22)19-11(2)15-10-14(23-5)8-9-16(15)24-6/h8-11H,7H2,1-6H3,(H,19,22). The lowest BCUT2D eigenvalue weighted by molar-refractivity contribution is 0.0938. The molecule has 1 unspecified atom stereocenters. The van der Waals surface area contributed by atoms with Crippen LogP contribution in [0.15, 0.2) is 18.2 Å². The molecule has 1 N–H and O–H groups in total. The summed E-state index contributed by atoms with van der Waals surface area (Å²) in [5.41, 5.74) is 3.10. The molecule has 1 amide bonds. The predicted molar refractivity (Wildman–Crippen MR) is 92.8 cm³/mol. The average Bonchev–Trinajstić information content (AvgIpc) is 2.87. The van der Waals surface area contributed by atoms with Crippen molar-refractivity contribution in [1.82, 2.24) is 15.1 Å². The van der Waals surface area contributed by atoms with E-state index in [0.717, 1.165) is 29.2 Å². The molecular weight excluding hydrogens is 306 g/mol. The number of rotatable bonds is 6. The molecule has 0 aliphatic heterocycles. The molecule has 1 aromatic carbocycles. The molecule has 0 aliphatic carbocycles. The SMILES string of the molecule is CCn1nc(C)c(C(=O)NC(C)c2cc(OC)ccc2OC)c1C. The first-order chi connectivity index (χ1) is 11.4. The number of benzene rings is 1. The van der Waals surface area contributed by atoms with Crippen LogP contribution in [0.4, 0.5) is 0 Å². The highest BCUT2D eigenvalue weighted by Gasteiger charge is 2.21. The van der Waals surface area contributed by atoms with Crippen molar-refractivity contribution in [3.05, 3.63) is 40.7 Å². The summed E-state index contributed by atoms with van der Waals surface area (Å²) in [6.45, 7) is 8.42. The number of ether oxygens (including phenoxy) is 2. The summed E-state index contributed by atoms with van der Waals surface area (Å²) < 4.78 is 12.5. The van der Waals surface area contributed by atoms with Gasteiger partial charge in [0.05, 0.1) is 31.5 Å². The zero-order chi connectivity index (χ0) is 17.9. The smallest absolute Gasteiger partial charge is 0.255 e. The van der Waals surface area contributed by atoms with Crippen molar-refractivity contribution in [2.45, 2.75) is 40.3 Å². The van der Waals surface area contributed by atoms with Crippen molar-refractivity contribution in [1.29, 1.82) is 0 Å². The van der Waals surface area contributed by atoms with E-state index in [-0.39, 0.29) is 11.9 Å². The molecule has 2 aromatic rings. The van der Waals surface area contributed by atoms with Crippen molar-refractivity contribution in [3.63, 3.8) is 0 Å². The van der Waals surface area contributed by atoms with Gasteiger partial charge in [0.15, 0.2) is 0 Å². The normalized spacial score (nSPS) is 11.9. The van der Waals surface area contributed by atoms with E-state index in [1.807, 2.05) is 50.6 Å². The number of carbonyl (C=O) groups is 1. The van der Waals surface area contributed by atoms with E-state index in [1.165, 1.54) is 0 Å². The van der Waals surface area contributed by atoms with Crippen LogP contribution in [0.2, 0.25) is 0 Å². The van der Waals surface area contributed by atoms with E-state index in [1.54, 1.807) is 14.2 Å². The number of nitrogens with zero attached hydrogens (tertiary/aromatic N) is 2. The number of methoxy groups -OCH3 is 2. The fraction of sp³-hybridized carbons (Fsp3) is 0.444. The van der Waals surface area contributed by atoms with Crippen molar-refractivity contribution >= 4 is 5.91 Å². The maximum Gasteiger partial charge on any atom is 0.255 e. The van der Waals surface area contributed by atoms with Gasteiger partial charge < -0.3 is 14.8 Å². The summed E-state index contributed by atoms with van der Waals surface area (Å²) in [4.78, 5) is 12.7. The molecule has 1 atom stereocenters. The summed E-state index contributed by atoms with van der Waals surface area (Å²) in [5.74, 6) is 1.29. The predicted octanol–water partition coefficient (Wildman–Crippen LogP) is 3.03. The first-order valence-electron chi connectivity index (χ1n) is 7.99. The van der Waals surface area contributed by atoms with Crippen LogP contribution in [0.25, 0.3) is 0 Å². The Kier molecular flexibility index (Phi) is 5.49. The maximum absolute atomic E-state index is 12.7. The highest BCUT2D eigenvalue weighted by molar-refractivity contribution is 5.96. The van der Waals surface area contributed by atoms with Crippen LogP contribution >= 0.6 is 0 Å². The Morgan fingerprint density at radius 1 is 1.29 bits per heavy atom. The van der Waals surface area contributed by atoms with Crippen LogP contribution in [0.5, 0.6) is 11.5 Å². The number of nitrogens with one attached hydrogen (secondary N) is 1. The second-order valence-corrected chi connectivity index (χ2v) is 5.66. The van der Waals surface area contributed by atoms with Crippen molar-refractivity contribution < 1.29 is 14.3 Å². The zero-order valence-electron chi connectivity index (χ0n) is 15.1. The molecule has 0 saturated carbocycles. The van der Waals surface area contributed by atoms with E-state index in [2.05, 4.69) is 10.4 Å². The molecule has 0 fully saturated rings. The van der Waals surface area contributed by atoms with Crippen LogP contribution in [-0.2, 0) is 6.54 Å². The lowest BCUT2D eigenvalue weighted by Crippen LogP contribution is -2.28. The number of hydrogen-bond acceptors (Lipinski definition) is 4. The third kappa shape index (κ3) is 3.37. The van der Waals surface area contributed by atoms with Crippen LogP contribution in [-0.4, -0.2) is 29.9 Å². The lowest BCUT2D eigenvalue weighted by atomic mass is 10.1. The van der Waals surface area contributed by atoms with Gasteiger partial charge in [-0.25, -0.2) is 0 Å². The maximum atomic E-state index is 12.7. The minimum absolute atomic E-state index is 0.137. The minimum atomic E-state index is -0.230. The fourth-order valence-corrected chi connectivity index (χ4v) is 2.86. The van der Waals surface area contributed by atoms with Gasteiger partial charge in [0, 0.05) is 17.8 Å². The lowest BCUT2D eigenvalue weighted by Gasteiger charge is -2.18. The molecule has 6 heteroatoms. The number of aromatic nitrogens is 2. The number of aryl methyl sites for hydroxylation is 2. The molecule has 0 spiro atoms. The Morgan fingerprint density at radius 3 is 2.54 bits per heavy atom.